The Morgan fingerprint density at radius 2 is 1.94 bits per heavy atom. The largest absolute Gasteiger partial charge is 0.456 e. The first-order valence-electron chi connectivity index (χ1n) is 9.72. The topological polar surface area (TPSA) is 126 Å². The van der Waals surface area contributed by atoms with Crippen LogP contribution in [0, 0.1) is 4.78 Å². The van der Waals surface area contributed by atoms with Crippen LogP contribution in [0.1, 0.15) is 0 Å². The number of H-pyrrole nitrogens is 1. The number of benzene rings is 1. The highest BCUT2D eigenvalue weighted by molar-refractivity contribution is 7.93. The molecule has 0 bridgehead atoms. The van der Waals surface area contributed by atoms with Crippen LogP contribution in [0.2, 0.25) is 5.02 Å². The van der Waals surface area contributed by atoms with Crippen LogP contribution in [0.4, 0.5) is 5.69 Å². The quantitative estimate of drug-likeness (QED) is 0.545. The molecule has 31 heavy (non-hydrogen) atoms. The van der Waals surface area contributed by atoms with Crippen molar-refractivity contribution in [2.75, 3.05) is 25.7 Å². The molecule has 3 N–H and O–H groups in total. The maximum atomic E-state index is 9.87. The van der Waals surface area contributed by atoms with E-state index < -0.39 is 15.7 Å². The summed E-state index contributed by atoms with van der Waals surface area (Å²) < 4.78 is 29.5. The summed E-state index contributed by atoms with van der Waals surface area (Å²) in [6.45, 7) is 0.555. The lowest BCUT2D eigenvalue weighted by Gasteiger charge is -2.15. The summed E-state index contributed by atoms with van der Waals surface area (Å²) in [7, 11) is -1.73. The van der Waals surface area contributed by atoms with E-state index in [2.05, 4.69) is 19.3 Å². The maximum absolute atomic E-state index is 9.87. The summed E-state index contributed by atoms with van der Waals surface area (Å²) in [6, 6.07) is 9.53. The molecule has 1 aromatic carbocycles. The Kier molecular flexibility index (Phi) is 5.14. The number of imidazole rings is 1. The average molecular weight is 464 g/mol. The van der Waals surface area contributed by atoms with Gasteiger partial charge < -0.3 is 24.3 Å². The number of aliphatic hydroxyl groups is 1. The zero-order chi connectivity index (χ0) is 21.8. The number of aliphatic hydroxyl groups excluding tert-OH is 1. The molecule has 0 aliphatic carbocycles. The van der Waals surface area contributed by atoms with E-state index in [9.17, 15) is 5.11 Å². The Morgan fingerprint density at radius 1 is 1.19 bits per heavy atom. The van der Waals surface area contributed by atoms with Gasteiger partial charge in [0, 0.05) is 18.1 Å². The zero-order valence-corrected chi connectivity index (χ0v) is 18.5. The van der Waals surface area contributed by atoms with E-state index in [-0.39, 0.29) is 24.9 Å². The molecule has 2 fully saturated rings. The number of aromatic nitrogens is 3. The molecule has 3 aromatic rings. The van der Waals surface area contributed by atoms with Crippen molar-refractivity contribution < 1.29 is 19.3 Å². The van der Waals surface area contributed by atoms with Gasteiger partial charge in [-0.05, 0) is 18.2 Å². The molecule has 2 aromatic heterocycles. The van der Waals surface area contributed by atoms with Crippen molar-refractivity contribution in [3.8, 4) is 17.3 Å². The molecular formula is C20H22ClN5O4S. The van der Waals surface area contributed by atoms with Gasteiger partial charge in [0.15, 0.2) is 11.8 Å². The van der Waals surface area contributed by atoms with Crippen LogP contribution in [-0.2, 0) is 19.1 Å². The number of pyridine rings is 1. The number of hydrogen-bond donors (Lipinski definition) is 3. The number of ether oxygens (including phenoxy) is 3. The summed E-state index contributed by atoms with van der Waals surface area (Å²) in [5.41, 5.74) is 3.31. The molecule has 4 heterocycles. The molecule has 2 saturated heterocycles. The van der Waals surface area contributed by atoms with Crippen molar-refractivity contribution in [3.05, 3.63) is 35.4 Å². The lowest BCUT2D eigenvalue weighted by molar-refractivity contribution is 0.00706. The third-order valence-corrected chi connectivity index (χ3v) is 6.08. The molecule has 5 rings (SSSR count). The SMILES string of the molecule is CS(C)(=N)=Nc1ccc(-c2nc3nc(O[C@@H]4CO[C@H]5[C@@H]4OC[C@H]5O)[nH]c3cc2Cl)cc1. The van der Waals surface area contributed by atoms with E-state index in [0.717, 1.165) is 11.3 Å². The predicted molar refractivity (Wildman–Crippen MR) is 118 cm³/mol. The van der Waals surface area contributed by atoms with Crippen LogP contribution in [0.5, 0.6) is 6.01 Å². The van der Waals surface area contributed by atoms with Gasteiger partial charge in [0.1, 0.15) is 18.3 Å². The number of fused-ring (bicyclic) bond motifs is 2. The lowest BCUT2D eigenvalue weighted by atomic mass is 10.1. The predicted octanol–water partition coefficient (Wildman–Crippen LogP) is 3.18. The normalized spacial score (nSPS) is 25.7. The highest BCUT2D eigenvalue weighted by Crippen LogP contribution is 2.32. The van der Waals surface area contributed by atoms with E-state index in [4.69, 9.17) is 30.6 Å². The van der Waals surface area contributed by atoms with Crippen molar-refractivity contribution in [1.82, 2.24) is 15.0 Å². The van der Waals surface area contributed by atoms with Crippen molar-refractivity contribution in [2.45, 2.75) is 24.4 Å². The lowest BCUT2D eigenvalue weighted by Crippen LogP contribution is -2.34. The third-order valence-electron chi connectivity index (χ3n) is 5.12. The summed E-state index contributed by atoms with van der Waals surface area (Å²) in [5, 5.41) is 10.3. The first-order chi connectivity index (χ1) is 14.8. The molecule has 11 heteroatoms. The minimum Gasteiger partial charge on any atom is -0.456 e. The second-order valence-corrected chi connectivity index (χ2v) is 11.1. The molecule has 0 spiro atoms. The van der Waals surface area contributed by atoms with Crippen molar-refractivity contribution in [1.29, 1.82) is 4.78 Å². The second-order valence-electron chi connectivity index (χ2n) is 7.96. The van der Waals surface area contributed by atoms with Crippen LogP contribution >= 0.6 is 11.6 Å². The number of nitrogens with zero attached hydrogens (tertiary/aromatic N) is 3. The minimum atomic E-state index is -1.73. The molecule has 164 valence electrons. The molecule has 2 aliphatic heterocycles. The fraction of sp³-hybridized carbons (Fsp3) is 0.400. The Balaban J connectivity index is 1.40. The third kappa shape index (κ3) is 4.13. The average Bonchev–Trinajstić information content (AvgIpc) is 3.38. The molecule has 0 radical (unpaired) electrons. The number of nitrogens with one attached hydrogen (secondary N) is 2. The standard InChI is InChI=1S/C20H22ClN5O4S/c1-31(2,22)26-11-5-3-10(4-6-11)16-12(21)7-13-19(24-16)25-20(23-13)30-15-9-29-17-14(27)8-28-18(15)17/h3-7,14-15,17-18,22,27H,8-9H2,1-2H3,(H,23,24,25)/t14-,15-,17-,18-/m1/s1. The molecule has 0 saturated carbocycles. The Hall–Kier alpha value is -2.24. The van der Waals surface area contributed by atoms with E-state index in [1.807, 2.05) is 36.8 Å². The Labute approximate surface area is 184 Å². The second kappa shape index (κ2) is 7.72. The van der Waals surface area contributed by atoms with Crippen molar-refractivity contribution in [2.24, 2.45) is 4.36 Å². The van der Waals surface area contributed by atoms with Crippen molar-refractivity contribution >= 4 is 38.1 Å². The Morgan fingerprint density at radius 3 is 2.68 bits per heavy atom. The highest BCUT2D eigenvalue weighted by Gasteiger charge is 2.48. The van der Waals surface area contributed by atoms with Gasteiger partial charge in [-0.3, -0.25) is 4.78 Å². The number of halogens is 1. The first kappa shape index (κ1) is 20.7. The summed E-state index contributed by atoms with van der Waals surface area (Å²) >= 11 is 6.48. The highest BCUT2D eigenvalue weighted by atomic mass is 35.5. The first-order valence-corrected chi connectivity index (χ1v) is 12.5. The van der Waals surface area contributed by atoms with E-state index in [1.54, 1.807) is 6.07 Å². The van der Waals surface area contributed by atoms with Gasteiger partial charge >= 0.3 is 0 Å². The van der Waals surface area contributed by atoms with Crippen LogP contribution < -0.4 is 4.74 Å². The summed E-state index contributed by atoms with van der Waals surface area (Å²) in [6.07, 6.45) is 1.93. The molecular weight excluding hydrogens is 442 g/mol. The maximum Gasteiger partial charge on any atom is 0.296 e. The van der Waals surface area contributed by atoms with Gasteiger partial charge in [-0.2, -0.15) is 4.98 Å². The monoisotopic (exact) mass is 463 g/mol. The minimum absolute atomic E-state index is 0.239. The van der Waals surface area contributed by atoms with Crippen LogP contribution in [0.25, 0.3) is 22.4 Å². The van der Waals surface area contributed by atoms with Gasteiger partial charge in [-0.15, -0.1) is 0 Å². The van der Waals surface area contributed by atoms with Gasteiger partial charge in [0.05, 0.1) is 35.1 Å². The number of aromatic amines is 1. The van der Waals surface area contributed by atoms with E-state index in [1.165, 1.54) is 0 Å². The van der Waals surface area contributed by atoms with Crippen LogP contribution in [0.15, 0.2) is 34.7 Å². The fourth-order valence-electron chi connectivity index (χ4n) is 3.79. The zero-order valence-electron chi connectivity index (χ0n) is 16.9. The smallest absolute Gasteiger partial charge is 0.296 e. The fourth-order valence-corrected chi connectivity index (χ4v) is 4.70. The molecule has 0 unspecified atom stereocenters. The molecule has 0 amide bonds. The van der Waals surface area contributed by atoms with Crippen molar-refractivity contribution in [3.63, 3.8) is 0 Å². The van der Waals surface area contributed by atoms with Crippen LogP contribution in [0.3, 0.4) is 0 Å². The van der Waals surface area contributed by atoms with E-state index in [0.29, 0.717) is 34.5 Å². The van der Waals surface area contributed by atoms with E-state index >= 15 is 0 Å². The van der Waals surface area contributed by atoms with Gasteiger partial charge in [-0.1, -0.05) is 33.4 Å². The van der Waals surface area contributed by atoms with Gasteiger partial charge in [0.25, 0.3) is 6.01 Å². The van der Waals surface area contributed by atoms with Crippen LogP contribution in [-0.4, -0.2) is 70.2 Å². The molecule has 2 aliphatic rings. The number of hydrogen-bond acceptors (Lipinski definition) is 8. The number of rotatable bonds is 4. The summed E-state index contributed by atoms with van der Waals surface area (Å²) in [5.74, 6) is 0. The summed E-state index contributed by atoms with van der Waals surface area (Å²) in [4.78, 5) is 12.1. The Bertz CT molecular complexity index is 1250. The van der Waals surface area contributed by atoms with Gasteiger partial charge in [0.2, 0.25) is 0 Å². The molecule has 4 atom stereocenters. The molecule has 9 nitrogen and oxygen atoms in total. The van der Waals surface area contributed by atoms with Gasteiger partial charge in [-0.25, -0.2) is 9.35 Å².